The largest absolute Gasteiger partial charge is 0.497 e. The smallest absolute Gasteiger partial charge is 0.240 e. The van der Waals surface area contributed by atoms with Crippen LogP contribution in [0, 0.1) is 4.77 Å². The Morgan fingerprint density at radius 3 is 2.43 bits per heavy atom. The fraction of sp³-hybridized carbons (Fsp3) is 0.318. The lowest BCUT2D eigenvalue weighted by molar-refractivity contribution is -0.121. The van der Waals surface area contributed by atoms with Crippen LogP contribution in [-0.4, -0.2) is 40.9 Å². The summed E-state index contributed by atoms with van der Waals surface area (Å²) in [5.74, 6) is 2.44. The first-order valence-electron chi connectivity index (χ1n) is 9.77. The summed E-state index contributed by atoms with van der Waals surface area (Å²) in [5.41, 5.74) is 2.10. The fourth-order valence-electron chi connectivity index (χ4n) is 2.93. The number of hydrogen-bond donors (Lipinski definition) is 2. The third kappa shape index (κ3) is 5.48. The second kappa shape index (κ2) is 10.1. The van der Waals surface area contributed by atoms with E-state index in [0.29, 0.717) is 29.7 Å². The number of nitrogens with one attached hydrogen (secondary N) is 2. The molecular formula is C22H26N4O3S. The van der Waals surface area contributed by atoms with Crippen molar-refractivity contribution in [3.8, 4) is 22.9 Å². The SMILES string of the molecule is COc1ccc(-c2n[nH]c(=S)n2CC(=O)NCCOc2ccc(C(C)C)cc2)cc1. The van der Waals surface area contributed by atoms with Gasteiger partial charge in [-0.3, -0.25) is 14.5 Å². The van der Waals surface area contributed by atoms with Gasteiger partial charge in [0.05, 0.1) is 13.7 Å². The van der Waals surface area contributed by atoms with Gasteiger partial charge < -0.3 is 14.8 Å². The molecule has 3 aromatic rings. The number of ether oxygens (including phenoxy) is 2. The minimum Gasteiger partial charge on any atom is -0.497 e. The number of amides is 1. The first-order valence-corrected chi connectivity index (χ1v) is 10.2. The van der Waals surface area contributed by atoms with Crippen LogP contribution in [0.2, 0.25) is 0 Å². The molecule has 2 aromatic carbocycles. The lowest BCUT2D eigenvalue weighted by atomic mass is 10.0. The molecule has 0 aliphatic rings. The molecule has 0 saturated heterocycles. The molecular weight excluding hydrogens is 400 g/mol. The second-order valence-electron chi connectivity index (χ2n) is 7.09. The zero-order chi connectivity index (χ0) is 21.5. The molecule has 7 nitrogen and oxygen atoms in total. The number of aromatic amines is 1. The minimum atomic E-state index is -0.166. The zero-order valence-electron chi connectivity index (χ0n) is 17.3. The zero-order valence-corrected chi connectivity index (χ0v) is 18.2. The number of nitrogens with zero attached hydrogens (tertiary/aromatic N) is 2. The quantitative estimate of drug-likeness (QED) is 0.400. The maximum atomic E-state index is 12.4. The Morgan fingerprint density at radius 1 is 1.13 bits per heavy atom. The number of carbonyl (C=O) groups is 1. The van der Waals surface area contributed by atoms with Crippen LogP contribution in [-0.2, 0) is 11.3 Å². The van der Waals surface area contributed by atoms with Crippen LogP contribution >= 0.6 is 12.2 Å². The van der Waals surface area contributed by atoms with Gasteiger partial charge in [-0.25, -0.2) is 0 Å². The maximum absolute atomic E-state index is 12.4. The van der Waals surface area contributed by atoms with Gasteiger partial charge in [0.15, 0.2) is 10.6 Å². The number of hydrogen-bond acceptors (Lipinski definition) is 5. The van der Waals surface area contributed by atoms with Gasteiger partial charge in [-0.2, -0.15) is 5.10 Å². The van der Waals surface area contributed by atoms with Gasteiger partial charge in [0, 0.05) is 5.56 Å². The molecule has 0 saturated carbocycles. The van der Waals surface area contributed by atoms with E-state index in [0.717, 1.165) is 17.1 Å². The topological polar surface area (TPSA) is 81.2 Å². The van der Waals surface area contributed by atoms with Gasteiger partial charge in [0.25, 0.3) is 0 Å². The summed E-state index contributed by atoms with van der Waals surface area (Å²) < 4.78 is 12.9. The Morgan fingerprint density at radius 2 is 1.80 bits per heavy atom. The summed E-state index contributed by atoms with van der Waals surface area (Å²) in [5, 5.41) is 9.85. The highest BCUT2D eigenvalue weighted by Crippen LogP contribution is 2.21. The Bertz CT molecular complexity index is 1020. The summed E-state index contributed by atoms with van der Waals surface area (Å²) in [7, 11) is 1.61. The molecule has 0 atom stereocenters. The Labute approximate surface area is 181 Å². The molecule has 0 unspecified atom stereocenters. The molecule has 0 aliphatic heterocycles. The molecule has 0 radical (unpaired) electrons. The number of carbonyl (C=O) groups excluding carboxylic acids is 1. The van der Waals surface area contributed by atoms with Gasteiger partial charge in [-0.15, -0.1) is 0 Å². The van der Waals surface area contributed by atoms with Crippen molar-refractivity contribution in [1.82, 2.24) is 20.1 Å². The van der Waals surface area contributed by atoms with E-state index in [4.69, 9.17) is 21.7 Å². The molecule has 0 bridgehead atoms. The van der Waals surface area contributed by atoms with Crippen molar-refractivity contribution in [2.75, 3.05) is 20.3 Å². The summed E-state index contributed by atoms with van der Waals surface area (Å²) in [6.07, 6.45) is 0. The van der Waals surface area contributed by atoms with Gasteiger partial charge >= 0.3 is 0 Å². The summed E-state index contributed by atoms with van der Waals surface area (Å²) >= 11 is 5.28. The molecule has 1 amide bonds. The van der Waals surface area contributed by atoms with E-state index < -0.39 is 0 Å². The lowest BCUT2D eigenvalue weighted by Crippen LogP contribution is -2.31. The van der Waals surface area contributed by atoms with E-state index in [1.165, 1.54) is 5.56 Å². The number of H-pyrrole nitrogens is 1. The molecule has 0 spiro atoms. The highest BCUT2D eigenvalue weighted by Gasteiger charge is 2.12. The summed E-state index contributed by atoms with van der Waals surface area (Å²) in [4.78, 5) is 12.4. The maximum Gasteiger partial charge on any atom is 0.240 e. The molecule has 30 heavy (non-hydrogen) atoms. The molecule has 2 N–H and O–H groups in total. The van der Waals surface area contributed by atoms with Gasteiger partial charge in [0.2, 0.25) is 5.91 Å². The Hall–Kier alpha value is -3.13. The Kier molecular flexibility index (Phi) is 7.24. The number of methoxy groups -OCH3 is 1. The van der Waals surface area contributed by atoms with Crippen LogP contribution in [0.25, 0.3) is 11.4 Å². The first kappa shape index (κ1) is 21.6. The fourth-order valence-corrected chi connectivity index (χ4v) is 3.13. The number of benzene rings is 2. The van der Waals surface area contributed by atoms with E-state index in [9.17, 15) is 4.79 Å². The lowest BCUT2D eigenvalue weighted by Gasteiger charge is -2.11. The van der Waals surface area contributed by atoms with Gasteiger partial charge in [-0.1, -0.05) is 26.0 Å². The monoisotopic (exact) mass is 426 g/mol. The van der Waals surface area contributed by atoms with Crippen LogP contribution in [0.3, 0.4) is 0 Å². The van der Waals surface area contributed by atoms with E-state index in [1.807, 2.05) is 36.4 Å². The average Bonchev–Trinajstić information content (AvgIpc) is 3.11. The molecule has 1 aromatic heterocycles. The predicted molar refractivity (Wildman–Crippen MR) is 118 cm³/mol. The predicted octanol–water partition coefficient (Wildman–Crippen LogP) is 3.93. The van der Waals surface area contributed by atoms with E-state index in [-0.39, 0.29) is 12.5 Å². The highest BCUT2D eigenvalue weighted by molar-refractivity contribution is 7.71. The third-order valence-corrected chi connectivity index (χ3v) is 4.96. The third-order valence-electron chi connectivity index (χ3n) is 4.65. The molecule has 1 heterocycles. The first-order chi connectivity index (χ1) is 14.5. The van der Waals surface area contributed by atoms with Crippen molar-refractivity contribution in [2.24, 2.45) is 0 Å². The Balaban J connectivity index is 1.52. The van der Waals surface area contributed by atoms with Gasteiger partial charge in [0.1, 0.15) is 24.7 Å². The van der Waals surface area contributed by atoms with E-state index >= 15 is 0 Å². The molecule has 158 valence electrons. The van der Waals surface area contributed by atoms with Crippen molar-refractivity contribution < 1.29 is 14.3 Å². The minimum absolute atomic E-state index is 0.0692. The summed E-state index contributed by atoms with van der Waals surface area (Å²) in [6.45, 7) is 5.15. The van der Waals surface area contributed by atoms with Crippen molar-refractivity contribution in [3.05, 3.63) is 58.9 Å². The van der Waals surface area contributed by atoms with Crippen molar-refractivity contribution in [1.29, 1.82) is 0 Å². The molecule has 0 aliphatic carbocycles. The average molecular weight is 427 g/mol. The summed E-state index contributed by atoms with van der Waals surface area (Å²) in [6, 6.07) is 15.4. The van der Waals surface area contributed by atoms with Crippen LogP contribution in [0.4, 0.5) is 0 Å². The number of aromatic nitrogens is 3. The van der Waals surface area contributed by atoms with E-state index in [1.54, 1.807) is 11.7 Å². The standard InChI is InChI=1S/C22H26N4O3S/c1-15(2)16-4-10-19(11-5-16)29-13-12-23-20(27)14-26-21(24-25-22(26)30)17-6-8-18(28-3)9-7-17/h4-11,15H,12-14H2,1-3H3,(H,23,27)(H,25,30). The molecule has 0 fully saturated rings. The number of rotatable bonds is 9. The van der Waals surface area contributed by atoms with Crippen molar-refractivity contribution in [3.63, 3.8) is 0 Å². The van der Waals surface area contributed by atoms with E-state index in [2.05, 4.69) is 41.5 Å². The van der Waals surface area contributed by atoms with Crippen molar-refractivity contribution in [2.45, 2.75) is 26.3 Å². The van der Waals surface area contributed by atoms with Gasteiger partial charge in [-0.05, 0) is 60.1 Å². The van der Waals surface area contributed by atoms with Crippen LogP contribution in [0.5, 0.6) is 11.5 Å². The molecule has 3 rings (SSSR count). The normalized spacial score (nSPS) is 10.8. The van der Waals surface area contributed by atoms with Crippen LogP contribution in [0.15, 0.2) is 48.5 Å². The van der Waals surface area contributed by atoms with Crippen LogP contribution in [0.1, 0.15) is 25.3 Å². The van der Waals surface area contributed by atoms with Crippen LogP contribution < -0.4 is 14.8 Å². The second-order valence-corrected chi connectivity index (χ2v) is 7.48. The molecule has 8 heteroatoms. The highest BCUT2D eigenvalue weighted by atomic mass is 32.1. The van der Waals surface area contributed by atoms with Crippen molar-refractivity contribution >= 4 is 18.1 Å².